The largest absolute Gasteiger partial charge is 0.493 e. The van der Waals surface area contributed by atoms with Crippen LogP contribution in [0.25, 0.3) is 10.8 Å². The average molecular weight is 428 g/mol. The van der Waals surface area contributed by atoms with Crippen LogP contribution in [-0.2, 0) is 6.61 Å². The normalized spacial score (nSPS) is 10.9. The highest BCUT2D eigenvalue weighted by Gasteiger charge is 2.09. The van der Waals surface area contributed by atoms with Gasteiger partial charge in [0.05, 0.1) is 13.3 Å². The van der Waals surface area contributed by atoms with Gasteiger partial charge in [-0.25, -0.2) is 9.82 Å². The van der Waals surface area contributed by atoms with Crippen LogP contribution in [0, 0.1) is 5.82 Å². The smallest absolute Gasteiger partial charge is 0.271 e. The maximum Gasteiger partial charge on any atom is 0.271 e. The molecule has 0 radical (unpaired) electrons. The number of hydrazone groups is 1. The molecule has 0 saturated heterocycles. The molecule has 0 aliphatic heterocycles. The van der Waals surface area contributed by atoms with Crippen LogP contribution >= 0.6 is 0 Å². The number of carbonyl (C=O) groups excluding carboxylic acids is 1. The van der Waals surface area contributed by atoms with Crippen molar-refractivity contribution < 1.29 is 18.7 Å². The van der Waals surface area contributed by atoms with Gasteiger partial charge in [-0.1, -0.05) is 48.5 Å². The molecule has 32 heavy (non-hydrogen) atoms. The number of hydrogen-bond acceptors (Lipinski definition) is 4. The summed E-state index contributed by atoms with van der Waals surface area (Å²) in [7, 11) is 1.54. The number of hydrogen-bond donors (Lipinski definition) is 1. The van der Waals surface area contributed by atoms with E-state index in [2.05, 4.69) is 10.5 Å². The molecule has 4 aromatic carbocycles. The third-order valence-electron chi connectivity index (χ3n) is 4.91. The number of ether oxygens (including phenoxy) is 2. The highest BCUT2D eigenvalue weighted by molar-refractivity contribution is 6.07. The molecule has 6 heteroatoms. The zero-order valence-electron chi connectivity index (χ0n) is 17.4. The fourth-order valence-electron chi connectivity index (χ4n) is 3.27. The second-order valence-corrected chi connectivity index (χ2v) is 7.05. The maximum atomic E-state index is 13.0. The molecule has 0 fully saturated rings. The fraction of sp³-hybridized carbons (Fsp3) is 0.0769. The van der Waals surface area contributed by atoms with E-state index in [-0.39, 0.29) is 18.3 Å². The van der Waals surface area contributed by atoms with Crippen molar-refractivity contribution in [3.63, 3.8) is 0 Å². The molecule has 1 N–H and O–H groups in total. The van der Waals surface area contributed by atoms with E-state index < -0.39 is 0 Å². The van der Waals surface area contributed by atoms with Crippen LogP contribution in [0.5, 0.6) is 11.5 Å². The number of halogens is 1. The highest BCUT2D eigenvalue weighted by atomic mass is 19.1. The Morgan fingerprint density at radius 1 is 0.969 bits per heavy atom. The minimum atomic E-state index is -0.289. The van der Waals surface area contributed by atoms with Gasteiger partial charge in [-0.3, -0.25) is 4.79 Å². The van der Waals surface area contributed by atoms with Gasteiger partial charge < -0.3 is 9.47 Å². The van der Waals surface area contributed by atoms with E-state index in [1.807, 2.05) is 36.4 Å². The standard InChI is InChI=1S/C26H21FN2O3/c1-31-25-15-19(11-14-24(25)32-17-18-9-12-21(27)13-10-18)16-28-29-26(30)23-8-4-6-20-5-2-3-7-22(20)23/h2-16H,17H2,1H3,(H,29,30)/b28-16-. The quantitative estimate of drug-likeness (QED) is 0.320. The number of fused-ring (bicyclic) bond motifs is 1. The van der Waals surface area contributed by atoms with Crippen LogP contribution in [0.15, 0.2) is 90.0 Å². The second-order valence-electron chi connectivity index (χ2n) is 7.05. The van der Waals surface area contributed by atoms with Crippen molar-refractivity contribution >= 4 is 22.9 Å². The number of nitrogens with one attached hydrogen (secondary N) is 1. The van der Waals surface area contributed by atoms with Gasteiger partial charge in [-0.15, -0.1) is 0 Å². The summed E-state index contributed by atoms with van der Waals surface area (Å²) in [5.41, 5.74) is 4.70. The first-order valence-corrected chi connectivity index (χ1v) is 10.0. The maximum absolute atomic E-state index is 13.0. The van der Waals surface area contributed by atoms with Crippen molar-refractivity contribution in [1.82, 2.24) is 5.43 Å². The van der Waals surface area contributed by atoms with Crippen molar-refractivity contribution in [2.75, 3.05) is 7.11 Å². The van der Waals surface area contributed by atoms with Gasteiger partial charge >= 0.3 is 0 Å². The molecule has 5 nitrogen and oxygen atoms in total. The van der Waals surface area contributed by atoms with E-state index in [4.69, 9.17) is 9.47 Å². The first-order valence-electron chi connectivity index (χ1n) is 10.0. The first-order chi connectivity index (χ1) is 15.6. The summed E-state index contributed by atoms with van der Waals surface area (Å²) in [5.74, 6) is 0.497. The number of benzene rings is 4. The van der Waals surface area contributed by atoms with Gasteiger partial charge in [0.25, 0.3) is 5.91 Å². The number of carbonyl (C=O) groups is 1. The minimum absolute atomic E-state index is 0.283. The SMILES string of the molecule is COc1cc(/C=N\NC(=O)c2cccc3ccccc23)ccc1OCc1ccc(F)cc1. The average Bonchev–Trinajstić information content (AvgIpc) is 2.83. The summed E-state index contributed by atoms with van der Waals surface area (Å²) in [6.07, 6.45) is 1.54. The third-order valence-corrected chi connectivity index (χ3v) is 4.91. The Bertz CT molecular complexity index is 1260. The van der Waals surface area contributed by atoms with Gasteiger partial charge in [0.1, 0.15) is 12.4 Å². The van der Waals surface area contributed by atoms with Gasteiger partial charge in [0.2, 0.25) is 0 Å². The molecule has 0 bridgehead atoms. The lowest BCUT2D eigenvalue weighted by atomic mass is 10.0. The van der Waals surface area contributed by atoms with E-state index in [0.717, 1.165) is 21.9 Å². The van der Waals surface area contributed by atoms with Gasteiger partial charge in [-0.05, 0) is 58.3 Å². The van der Waals surface area contributed by atoms with Gasteiger partial charge in [-0.2, -0.15) is 5.10 Å². The molecule has 0 heterocycles. The van der Waals surface area contributed by atoms with Crippen LogP contribution in [0.1, 0.15) is 21.5 Å². The van der Waals surface area contributed by atoms with E-state index in [1.54, 1.807) is 43.5 Å². The molecule has 0 saturated carbocycles. The van der Waals surface area contributed by atoms with Crippen molar-refractivity contribution in [3.05, 3.63) is 107 Å². The Hall–Kier alpha value is -4.19. The summed E-state index contributed by atoms with van der Waals surface area (Å²) in [6.45, 7) is 0.283. The monoisotopic (exact) mass is 428 g/mol. The Balaban J connectivity index is 1.42. The van der Waals surface area contributed by atoms with Crippen LogP contribution in [0.4, 0.5) is 4.39 Å². The first kappa shape index (κ1) is 21.1. The fourth-order valence-corrected chi connectivity index (χ4v) is 3.27. The molecule has 4 aromatic rings. The van der Waals surface area contributed by atoms with Crippen LogP contribution in [-0.4, -0.2) is 19.2 Å². The molecule has 0 aliphatic carbocycles. The van der Waals surface area contributed by atoms with Crippen LogP contribution in [0.3, 0.4) is 0 Å². The van der Waals surface area contributed by atoms with E-state index >= 15 is 0 Å². The summed E-state index contributed by atoms with van der Waals surface area (Å²) >= 11 is 0. The van der Waals surface area contributed by atoms with E-state index in [1.165, 1.54) is 18.3 Å². The lowest BCUT2D eigenvalue weighted by Gasteiger charge is -2.11. The van der Waals surface area contributed by atoms with Gasteiger partial charge in [0.15, 0.2) is 11.5 Å². The molecular formula is C26H21FN2O3. The predicted molar refractivity (Wildman–Crippen MR) is 123 cm³/mol. The van der Waals surface area contributed by atoms with Crippen LogP contribution < -0.4 is 14.9 Å². The summed E-state index contributed by atoms with van der Waals surface area (Å²) in [6, 6.07) is 24.7. The predicted octanol–water partition coefficient (Wildman–Crippen LogP) is 5.33. The Labute approximate surface area is 185 Å². The molecule has 160 valence electrons. The number of rotatable bonds is 7. The minimum Gasteiger partial charge on any atom is -0.493 e. The van der Waals surface area contributed by atoms with E-state index in [9.17, 15) is 9.18 Å². The highest BCUT2D eigenvalue weighted by Crippen LogP contribution is 2.28. The summed E-state index contributed by atoms with van der Waals surface area (Å²) in [5, 5.41) is 5.93. The molecule has 4 rings (SSSR count). The van der Waals surface area contributed by atoms with Crippen molar-refractivity contribution in [2.45, 2.75) is 6.61 Å². The Morgan fingerprint density at radius 2 is 1.75 bits per heavy atom. The number of methoxy groups -OCH3 is 1. The van der Waals surface area contributed by atoms with Crippen molar-refractivity contribution in [3.8, 4) is 11.5 Å². The van der Waals surface area contributed by atoms with Crippen LogP contribution in [0.2, 0.25) is 0 Å². The molecule has 1 amide bonds. The molecule has 0 aliphatic rings. The topological polar surface area (TPSA) is 59.9 Å². The third kappa shape index (κ3) is 4.92. The molecule has 0 aromatic heterocycles. The van der Waals surface area contributed by atoms with E-state index in [0.29, 0.717) is 17.1 Å². The lowest BCUT2D eigenvalue weighted by molar-refractivity contribution is 0.0957. The van der Waals surface area contributed by atoms with Crippen molar-refractivity contribution in [1.29, 1.82) is 0 Å². The molecule has 0 unspecified atom stereocenters. The summed E-state index contributed by atoms with van der Waals surface area (Å²) in [4.78, 5) is 12.6. The molecule has 0 atom stereocenters. The Morgan fingerprint density at radius 3 is 2.56 bits per heavy atom. The van der Waals surface area contributed by atoms with Gasteiger partial charge in [0, 0.05) is 5.56 Å². The lowest BCUT2D eigenvalue weighted by Crippen LogP contribution is -2.17. The molecule has 0 spiro atoms. The zero-order chi connectivity index (χ0) is 22.3. The zero-order valence-corrected chi connectivity index (χ0v) is 17.4. The number of nitrogens with zero attached hydrogens (tertiary/aromatic N) is 1. The van der Waals surface area contributed by atoms with Crippen molar-refractivity contribution in [2.24, 2.45) is 5.10 Å². The molecular weight excluding hydrogens is 407 g/mol. The number of amides is 1. The summed E-state index contributed by atoms with van der Waals surface area (Å²) < 4.78 is 24.2. The Kier molecular flexibility index (Phi) is 6.41. The second kappa shape index (κ2) is 9.75.